The van der Waals surface area contributed by atoms with Crippen LogP contribution in [0, 0.1) is 5.92 Å². The van der Waals surface area contributed by atoms with Gasteiger partial charge in [0, 0.05) is 30.0 Å². The van der Waals surface area contributed by atoms with Crippen LogP contribution >= 0.6 is 0 Å². The summed E-state index contributed by atoms with van der Waals surface area (Å²) in [5.74, 6) is 1.50. The maximum absolute atomic E-state index is 6.76. The predicted molar refractivity (Wildman–Crippen MR) is 117 cm³/mol. The number of rotatable bonds is 6. The number of hydrogen-bond acceptors (Lipinski definition) is 7. The van der Waals surface area contributed by atoms with Crippen LogP contribution in [0.25, 0.3) is 0 Å². The number of hydrogen-bond donors (Lipinski definition) is 0. The molecule has 2 fully saturated rings. The first-order valence-corrected chi connectivity index (χ1v) is 11.7. The van der Waals surface area contributed by atoms with Crippen molar-refractivity contribution in [1.82, 2.24) is 4.90 Å². The first kappa shape index (κ1) is 20.9. The molecule has 2 saturated heterocycles. The van der Waals surface area contributed by atoms with Gasteiger partial charge < -0.3 is 33.3 Å². The van der Waals surface area contributed by atoms with E-state index in [2.05, 4.69) is 30.2 Å². The summed E-state index contributed by atoms with van der Waals surface area (Å²) in [6.07, 6.45) is 6.40. The minimum Gasteiger partial charge on any atom is -0.482 e. The number of likely N-dealkylation sites (tertiary alicyclic amines) is 1. The van der Waals surface area contributed by atoms with E-state index in [4.69, 9.17) is 28.4 Å². The SMILES string of the molecule is COCOc1ccc2c3c1OC1[C@@H](OC[C@@H]4COC(C)(C)O4)C=C[C@H]4[C@@H](C2)N(C)CC[C@]314. The van der Waals surface area contributed by atoms with Crippen LogP contribution in [0.15, 0.2) is 24.3 Å². The zero-order valence-corrected chi connectivity index (χ0v) is 19.3. The third-order valence-electron chi connectivity index (χ3n) is 7.99. The van der Waals surface area contributed by atoms with E-state index in [9.17, 15) is 0 Å². The fourth-order valence-corrected chi connectivity index (χ4v) is 6.65. The summed E-state index contributed by atoms with van der Waals surface area (Å²) in [5.41, 5.74) is 2.63. The number of nitrogens with zero attached hydrogens (tertiary/aromatic N) is 1. The Hall–Kier alpha value is -1.64. The Balaban J connectivity index is 1.35. The van der Waals surface area contributed by atoms with Crippen LogP contribution in [0.3, 0.4) is 0 Å². The fourth-order valence-electron chi connectivity index (χ4n) is 6.65. The molecule has 1 aromatic carbocycles. The van der Waals surface area contributed by atoms with Gasteiger partial charge in [-0.15, -0.1) is 0 Å². The second kappa shape index (κ2) is 7.43. The normalized spacial score (nSPS) is 38.4. The zero-order chi connectivity index (χ0) is 22.1. The van der Waals surface area contributed by atoms with E-state index in [1.807, 2.05) is 19.9 Å². The van der Waals surface area contributed by atoms with Crippen molar-refractivity contribution >= 4 is 0 Å². The van der Waals surface area contributed by atoms with Crippen LogP contribution in [-0.4, -0.2) is 75.7 Å². The quantitative estimate of drug-likeness (QED) is 0.495. The van der Waals surface area contributed by atoms with Gasteiger partial charge in [0.15, 0.2) is 24.1 Å². The van der Waals surface area contributed by atoms with Crippen LogP contribution in [0.4, 0.5) is 0 Å². The van der Waals surface area contributed by atoms with Crippen molar-refractivity contribution in [3.8, 4) is 11.5 Å². The summed E-state index contributed by atoms with van der Waals surface area (Å²) >= 11 is 0. The molecule has 1 unspecified atom stereocenters. The lowest BCUT2D eigenvalue weighted by atomic mass is 9.53. The number of ether oxygens (including phenoxy) is 6. The first-order valence-electron chi connectivity index (χ1n) is 11.7. The lowest BCUT2D eigenvalue weighted by Gasteiger charge is -2.56. The molecule has 174 valence electrons. The van der Waals surface area contributed by atoms with Crippen LogP contribution in [0.5, 0.6) is 11.5 Å². The molecular formula is C25H33NO6. The van der Waals surface area contributed by atoms with Gasteiger partial charge in [0.1, 0.15) is 18.3 Å². The Morgan fingerprint density at radius 2 is 2.09 bits per heavy atom. The van der Waals surface area contributed by atoms with Crippen molar-refractivity contribution < 1.29 is 28.4 Å². The molecule has 7 heteroatoms. The van der Waals surface area contributed by atoms with E-state index in [1.165, 1.54) is 11.1 Å². The fraction of sp³-hybridized carbons (Fsp3) is 0.680. The van der Waals surface area contributed by atoms with Gasteiger partial charge in [-0.1, -0.05) is 18.2 Å². The molecule has 1 aromatic rings. The van der Waals surface area contributed by atoms with Crippen molar-refractivity contribution in [1.29, 1.82) is 0 Å². The molecule has 0 radical (unpaired) electrons. The third-order valence-corrected chi connectivity index (χ3v) is 7.99. The minimum atomic E-state index is -0.548. The number of benzene rings is 1. The molecule has 6 rings (SSSR count). The second-order valence-corrected chi connectivity index (χ2v) is 10.2. The Labute approximate surface area is 189 Å². The van der Waals surface area contributed by atoms with Crippen LogP contribution < -0.4 is 9.47 Å². The summed E-state index contributed by atoms with van der Waals surface area (Å²) < 4.78 is 36.0. The summed E-state index contributed by atoms with van der Waals surface area (Å²) in [4.78, 5) is 2.51. The summed E-state index contributed by atoms with van der Waals surface area (Å²) in [7, 11) is 3.89. The Kier molecular flexibility index (Phi) is 4.86. The van der Waals surface area contributed by atoms with Crippen LogP contribution in [0.1, 0.15) is 31.4 Å². The predicted octanol–water partition coefficient (Wildman–Crippen LogP) is 2.65. The molecule has 3 aliphatic heterocycles. The molecule has 0 saturated carbocycles. The number of methoxy groups -OCH3 is 1. The molecule has 7 nitrogen and oxygen atoms in total. The number of likely N-dealkylation sites (N-methyl/N-ethyl adjacent to an activating group) is 1. The number of piperidine rings is 1. The molecule has 6 atom stereocenters. The van der Waals surface area contributed by atoms with Gasteiger partial charge in [0.05, 0.1) is 13.2 Å². The molecular weight excluding hydrogens is 410 g/mol. The second-order valence-electron chi connectivity index (χ2n) is 10.2. The molecule has 3 heterocycles. The van der Waals surface area contributed by atoms with Crippen molar-refractivity contribution in [2.45, 2.75) is 62.2 Å². The van der Waals surface area contributed by atoms with Gasteiger partial charge in [0.2, 0.25) is 0 Å². The zero-order valence-electron chi connectivity index (χ0n) is 19.3. The topological polar surface area (TPSA) is 58.6 Å². The van der Waals surface area contributed by atoms with Gasteiger partial charge in [-0.25, -0.2) is 0 Å². The average molecular weight is 444 g/mol. The summed E-state index contributed by atoms with van der Waals surface area (Å²) in [5, 5.41) is 0. The standard InChI is InChI=1S/C25H33NO6/c1-24(2)30-13-16(32-24)12-28-20-8-6-17-18-11-15-5-7-19(29-14-27-4)22-21(15)25(17,23(20)31-22)9-10-26(18)3/h5-8,16-18,20,23H,9-14H2,1-4H3/t16-,17+,18-,20+,23?,25+/m1/s1. The van der Waals surface area contributed by atoms with Gasteiger partial charge in [-0.2, -0.15) is 0 Å². The van der Waals surface area contributed by atoms with Crippen molar-refractivity contribution in [2.75, 3.05) is 40.7 Å². The van der Waals surface area contributed by atoms with E-state index >= 15 is 0 Å². The van der Waals surface area contributed by atoms with Gasteiger partial charge in [-0.3, -0.25) is 0 Å². The van der Waals surface area contributed by atoms with Gasteiger partial charge in [-0.05, 0) is 51.9 Å². The smallest absolute Gasteiger partial charge is 0.188 e. The minimum absolute atomic E-state index is 0.0647. The molecule has 2 bridgehead atoms. The Bertz CT molecular complexity index is 931. The first-order chi connectivity index (χ1) is 15.4. The summed E-state index contributed by atoms with van der Waals surface area (Å²) in [6.45, 7) is 6.18. The van der Waals surface area contributed by atoms with Crippen molar-refractivity contribution in [2.24, 2.45) is 5.92 Å². The molecule has 1 spiro atoms. The highest BCUT2D eigenvalue weighted by Gasteiger charge is 2.64. The maximum atomic E-state index is 6.76. The molecule has 5 aliphatic rings. The highest BCUT2D eigenvalue weighted by Crippen LogP contribution is 2.62. The van der Waals surface area contributed by atoms with Crippen molar-refractivity contribution in [3.05, 3.63) is 35.4 Å². The molecule has 32 heavy (non-hydrogen) atoms. The average Bonchev–Trinajstić information content (AvgIpc) is 3.31. The van der Waals surface area contributed by atoms with Crippen LogP contribution in [-0.2, 0) is 30.8 Å². The Morgan fingerprint density at radius 1 is 1.22 bits per heavy atom. The van der Waals surface area contributed by atoms with Crippen LogP contribution in [0.2, 0.25) is 0 Å². The van der Waals surface area contributed by atoms with Gasteiger partial charge in [0.25, 0.3) is 0 Å². The maximum Gasteiger partial charge on any atom is 0.188 e. The third kappa shape index (κ3) is 2.98. The highest BCUT2D eigenvalue weighted by atomic mass is 16.7. The Morgan fingerprint density at radius 3 is 2.88 bits per heavy atom. The summed E-state index contributed by atoms with van der Waals surface area (Å²) in [6, 6.07) is 4.73. The highest BCUT2D eigenvalue weighted by molar-refractivity contribution is 5.62. The molecule has 0 amide bonds. The molecule has 0 N–H and O–H groups in total. The van der Waals surface area contributed by atoms with E-state index in [0.717, 1.165) is 30.9 Å². The monoisotopic (exact) mass is 443 g/mol. The van der Waals surface area contributed by atoms with E-state index in [1.54, 1.807) is 7.11 Å². The lowest BCUT2D eigenvalue weighted by Crippen LogP contribution is -2.65. The van der Waals surface area contributed by atoms with Gasteiger partial charge >= 0.3 is 0 Å². The molecule has 0 aromatic heterocycles. The lowest BCUT2D eigenvalue weighted by molar-refractivity contribution is -0.151. The van der Waals surface area contributed by atoms with E-state index in [-0.39, 0.29) is 30.5 Å². The largest absolute Gasteiger partial charge is 0.482 e. The van der Waals surface area contributed by atoms with E-state index < -0.39 is 5.79 Å². The molecule has 2 aliphatic carbocycles. The van der Waals surface area contributed by atoms with E-state index in [0.29, 0.717) is 25.2 Å². The van der Waals surface area contributed by atoms with Crippen molar-refractivity contribution in [3.63, 3.8) is 0 Å².